The lowest BCUT2D eigenvalue weighted by Crippen LogP contribution is -2.40. The second kappa shape index (κ2) is 3.44. The monoisotopic (exact) mass is 193 g/mol. The van der Waals surface area contributed by atoms with Crippen molar-refractivity contribution in [1.29, 1.82) is 5.26 Å². The van der Waals surface area contributed by atoms with Gasteiger partial charge in [0.25, 0.3) is 0 Å². The predicted molar refractivity (Wildman–Crippen MR) is 51.4 cm³/mol. The quantitative estimate of drug-likeness (QED) is 0.771. The minimum atomic E-state index is -0.339. The first-order valence-corrected chi connectivity index (χ1v) is 5.32. The SMILES string of the molecule is N#CC1(Cc2cscn2)CCCN1. The largest absolute Gasteiger partial charge is 0.299 e. The molecule has 0 bridgehead atoms. The molecule has 1 aromatic rings. The first-order valence-electron chi connectivity index (χ1n) is 4.38. The molecule has 1 N–H and O–H groups in total. The highest BCUT2D eigenvalue weighted by molar-refractivity contribution is 7.07. The molecule has 13 heavy (non-hydrogen) atoms. The molecule has 4 heteroatoms. The number of hydrogen-bond donors (Lipinski definition) is 1. The molecule has 2 heterocycles. The number of rotatable bonds is 2. The van der Waals surface area contributed by atoms with Crippen molar-refractivity contribution in [2.24, 2.45) is 0 Å². The molecule has 1 aromatic heterocycles. The van der Waals surface area contributed by atoms with Crippen LogP contribution in [-0.4, -0.2) is 17.1 Å². The van der Waals surface area contributed by atoms with Crippen molar-refractivity contribution < 1.29 is 0 Å². The maximum absolute atomic E-state index is 9.08. The van der Waals surface area contributed by atoms with Crippen molar-refractivity contribution in [3.63, 3.8) is 0 Å². The van der Waals surface area contributed by atoms with Crippen LogP contribution in [0.25, 0.3) is 0 Å². The first-order chi connectivity index (χ1) is 6.35. The van der Waals surface area contributed by atoms with Crippen molar-refractivity contribution in [3.05, 3.63) is 16.6 Å². The van der Waals surface area contributed by atoms with Gasteiger partial charge in [0.2, 0.25) is 0 Å². The Balaban J connectivity index is 2.11. The Labute approximate surface area is 81.4 Å². The average molecular weight is 193 g/mol. The third-order valence-electron chi connectivity index (χ3n) is 2.42. The van der Waals surface area contributed by atoms with E-state index in [1.165, 1.54) is 0 Å². The number of aromatic nitrogens is 1. The average Bonchev–Trinajstić information content (AvgIpc) is 2.77. The van der Waals surface area contributed by atoms with E-state index in [0.717, 1.165) is 31.5 Å². The Morgan fingerprint density at radius 1 is 1.77 bits per heavy atom. The highest BCUT2D eigenvalue weighted by Gasteiger charge is 2.33. The molecule has 0 amide bonds. The highest BCUT2D eigenvalue weighted by Crippen LogP contribution is 2.23. The molecule has 0 saturated carbocycles. The van der Waals surface area contributed by atoms with Crippen LogP contribution in [0, 0.1) is 11.3 Å². The van der Waals surface area contributed by atoms with Gasteiger partial charge in [-0.3, -0.25) is 5.32 Å². The fourth-order valence-electron chi connectivity index (χ4n) is 1.73. The molecule has 1 fully saturated rings. The van der Waals surface area contributed by atoms with E-state index in [0.29, 0.717) is 0 Å². The molecule has 1 aliphatic heterocycles. The summed E-state index contributed by atoms with van der Waals surface area (Å²) < 4.78 is 0. The summed E-state index contributed by atoms with van der Waals surface area (Å²) in [5, 5.41) is 14.4. The second-order valence-electron chi connectivity index (χ2n) is 3.38. The number of nitriles is 1. The summed E-state index contributed by atoms with van der Waals surface area (Å²) in [6.07, 6.45) is 2.78. The molecule has 0 spiro atoms. The summed E-state index contributed by atoms with van der Waals surface area (Å²) in [5.74, 6) is 0. The molecule has 3 nitrogen and oxygen atoms in total. The fraction of sp³-hybridized carbons (Fsp3) is 0.556. The molecule has 0 aromatic carbocycles. The smallest absolute Gasteiger partial charge is 0.112 e. The fourth-order valence-corrected chi connectivity index (χ4v) is 2.28. The van der Waals surface area contributed by atoms with Crippen LogP contribution in [0.3, 0.4) is 0 Å². The van der Waals surface area contributed by atoms with Crippen molar-refractivity contribution >= 4 is 11.3 Å². The van der Waals surface area contributed by atoms with Gasteiger partial charge in [-0.05, 0) is 19.4 Å². The zero-order valence-electron chi connectivity index (χ0n) is 7.29. The van der Waals surface area contributed by atoms with Crippen LogP contribution in [0.1, 0.15) is 18.5 Å². The number of nitrogens with one attached hydrogen (secondary N) is 1. The molecule has 68 valence electrons. The van der Waals surface area contributed by atoms with Gasteiger partial charge in [-0.1, -0.05) is 0 Å². The lowest BCUT2D eigenvalue weighted by Gasteiger charge is -2.19. The summed E-state index contributed by atoms with van der Waals surface area (Å²) in [5.41, 5.74) is 2.50. The normalized spacial score (nSPS) is 27.3. The third kappa shape index (κ3) is 1.71. The van der Waals surface area contributed by atoms with Crippen LogP contribution in [0.15, 0.2) is 10.9 Å². The van der Waals surface area contributed by atoms with E-state index in [2.05, 4.69) is 16.4 Å². The summed E-state index contributed by atoms with van der Waals surface area (Å²) in [6.45, 7) is 0.956. The Hall–Kier alpha value is -0.920. The molecule has 1 atom stereocenters. The Morgan fingerprint density at radius 2 is 2.69 bits per heavy atom. The molecule has 0 radical (unpaired) electrons. The Kier molecular flexibility index (Phi) is 2.30. The lowest BCUT2D eigenvalue weighted by atomic mass is 9.94. The Bertz CT molecular complexity index is 306. The van der Waals surface area contributed by atoms with Crippen LogP contribution in [-0.2, 0) is 6.42 Å². The minimum absolute atomic E-state index is 0.339. The van der Waals surface area contributed by atoms with Gasteiger partial charge in [-0.25, -0.2) is 4.98 Å². The zero-order valence-corrected chi connectivity index (χ0v) is 8.10. The van der Waals surface area contributed by atoms with E-state index < -0.39 is 0 Å². The van der Waals surface area contributed by atoms with Crippen molar-refractivity contribution in [2.45, 2.75) is 24.8 Å². The number of thiazole rings is 1. The highest BCUT2D eigenvalue weighted by atomic mass is 32.1. The number of nitrogens with zero attached hydrogens (tertiary/aromatic N) is 2. The summed E-state index contributed by atoms with van der Waals surface area (Å²) in [4.78, 5) is 4.20. The van der Waals surface area contributed by atoms with E-state index in [4.69, 9.17) is 5.26 Å². The van der Waals surface area contributed by atoms with Gasteiger partial charge in [-0.15, -0.1) is 11.3 Å². The summed E-state index contributed by atoms with van der Waals surface area (Å²) in [7, 11) is 0. The maximum Gasteiger partial charge on any atom is 0.112 e. The van der Waals surface area contributed by atoms with Crippen LogP contribution in [0.2, 0.25) is 0 Å². The van der Waals surface area contributed by atoms with E-state index in [1.54, 1.807) is 11.3 Å². The first kappa shape index (κ1) is 8.67. The van der Waals surface area contributed by atoms with Crippen molar-refractivity contribution in [2.75, 3.05) is 6.54 Å². The molecule has 1 unspecified atom stereocenters. The molecule has 1 aliphatic rings. The minimum Gasteiger partial charge on any atom is -0.299 e. The molecular formula is C9H11N3S. The van der Waals surface area contributed by atoms with Gasteiger partial charge in [0.05, 0.1) is 17.3 Å². The third-order valence-corrected chi connectivity index (χ3v) is 3.06. The van der Waals surface area contributed by atoms with E-state index in [9.17, 15) is 0 Å². The maximum atomic E-state index is 9.08. The van der Waals surface area contributed by atoms with Crippen LogP contribution < -0.4 is 5.32 Å². The van der Waals surface area contributed by atoms with E-state index >= 15 is 0 Å². The van der Waals surface area contributed by atoms with Gasteiger partial charge in [-0.2, -0.15) is 5.26 Å². The number of hydrogen-bond acceptors (Lipinski definition) is 4. The topological polar surface area (TPSA) is 48.7 Å². The molecule has 2 rings (SSSR count). The van der Waals surface area contributed by atoms with Crippen LogP contribution in [0.4, 0.5) is 0 Å². The van der Waals surface area contributed by atoms with E-state index in [1.807, 2.05) is 10.9 Å². The summed E-state index contributed by atoms with van der Waals surface area (Å²) in [6, 6.07) is 2.37. The molecule has 1 saturated heterocycles. The van der Waals surface area contributed by atoms with Gasteiger partial charge >= 0.3 is 0 Å². The summed E-state index contributed by atoms with van der Waals surface area (Å²) >= 11 is 1.58. The van der Waals surface area contributed by atoms with Crippen molar-refractivity contribution in [1.82, 2.24) is 10.3 Å². The van der Waals surface area contributed by atoms with Gasteiger partial charge in [0, 0.05) is 11.8 Å². The van der Waals surface area contributed by atoms with Crippen molar-refractivity contribution in [3.8, 4) is 6.07 Å². The van der Waals surface area contributed by atoms with Gasteiger partial charge < -0.3 is 0 Å². The van der Waals surface area contributed by atoms with Crippen LogP contribution in [0.5, 0.6) is 0 Å². The van der Waals surface area contributed by atoms with Gasteiger partial charge in [0.15, 0.2) is 0 Å². The standard InChI is InChI=1S/C9H11N3S/c10-6-9(2-1-3-12-9)4-8-5-13-7-11-8/h5,7,12H,1-4H2. The molecular weight excluding hydrogens is 182 g/mol. The van der Waals surface area contributed by atoms with Gasteiger partial charge in [0.1, 0.15) is 5.54 Å². The predicted octanol–water partition coefficient (Wildman–Crippen LogP) is 1.33. The second-order valence-corrected chi connectivity index (χ2v) is 4.10. The van der Waals surface area contributed by atoms with Crippen LogP contribution >= 0.6 is 11.3 Å². The lowest BCUT2D eigenvalue weighted by molar-refractivity contribution is 0.476. The zero-order chi connectivity index (χ0) is 9.15. The molecule has 0 aliphatic carbocycles. The Morgan fingerprint density at radius 3 is 3.23 bits per heavy atom. The van der Waals surface area contributed by atoms with E-state index in [-0.39, 0.29) is 5.54 Å².